The van der Waals surface area contributed by atoms with Crippen molar-refractivity contribution in [3.63, 3.8) is 0 Å². The van der Waals surface area contributed by atoms with Gasteiger partial charge in [-0.1, -0.05) is 31.9 Å². The molecule has 134 valence electrons. The van der Waals surface area contributed by atoms with Crippen LogP contribution in [0.1, 0.15) is 32.6 Å². The minimum atomic E-state index is -0.309. The zero-order valence-electron chi connectivity index (χ0n) is 14.8. The van der Waals surface area contributed by atoms with Crippen molar-refractivity contribution in [1.29, 1.82) is 0 Å². The van der Waals surface area contributed by atoms with Crippen LogP contribution >= 0.6 is 0 Å². The van der Waals surface area contributed by atoms with Crippen molar-refractivity contribution in [1.82, 2.24) is 19.8 Å². The van der Waals surface area contributed by atoms with E-state index < -0.39 is 0 Å². The quantitative estimate of drug-likeness (QED) is 0.701. The fraction of sp³-hybridized carbons (Fsp3) is 0.450. The summed E-state index contributed by atoms with van der Waals surface area (Å²) >= 11 is 0. The average Bonchev–Trinajstić information content (AvgIpc) is 3.23. The van der Waals surface area contributed by atoms with E-state index in [0.29, 0.717) is 29.0 Å². The van der Waals surface area contributed by atoms with Gasteiger partial charge in [0.05, 0.1) is 5.56 Å². The molecular formula is C20H22FN5. The molecule has 1 saturated heterocycles. The van der Waals surface area contributed by atoms with Gasteiger partial charge in [-0.15, -0.1) is 15.3 Å². The Morgan fingerprint density at radius 1 is 1.04 bits per heavy atom. The molecule has 6 heteroatoms. The van der Waals surface area contributed by atoms with Crippen LogP contribution < -0.4 is 4.90 Å². The molecule has 0 amide bonds. The molecule has 1 aliphatic heterocycles. The maximum Gasteiger partial charge on any atom is 0.188 e. The van der Waals surface area contributed by atoms with Crippen LogP contribution in [0.3, 0.4) is 0 Å². The fourth-order valence-corrected chi connectivity index (χ4v) is 4.78. The lowest BCUT2D eigenvalue weighted by Crippen LogP contribution is -2.35. The van der Waals surface area contributed by atoms with Crippen molar-refractivity contribution < 1.29 is 4.39 Å². The average molecular weight is 351 g/mol. The first-order chi connectivity index (χ1) is 12.7. The topological polar surface area (TPSA) is 46.3 Å². The molecule has 1 saturated carbocycles. The molecule has 2 fully saturated rings. The molecule has 2 aliphatic rings. The highest BCUT2D eigenvalue weighted by Gasteiger charge is 2.41. The largest absolute Gasteiger partial charge is 0.352 e. The molecule has 0 radical (unpaired) electrons. The number of nitrogens with zero attached hydrogens (tertiary/aromatic N) is 5. The highest BCUT2D eigenvalue weighted by atomic mass is 19.1. The van der Waals surface area contributed by atoms with Crippen LogP contribution in [0.15, 0.2) is 36.4 Å². The normalized spacial score (nSPS) is 25.6. The van der Waals surface area contributed by atoms with Gasteiger partial charge in [-0.3, -0.25) is 0 Å². The molecular weight excluding hydrogens is 329 g/mol. The third-order valence-electron chi connectivity index (χ3n) is 6.06. The van der Waals surface area contributed by atoms with E-state index in [1.165, 1.54) is 31.7 Å². The molecule has 1 aromatic carbocycles. The second-order valence-electron chi connectivity index (χ2n) is 7.61. The molecule has 0 N–H and O–H groups in total. The molecule has 0 bridgehead atoms. The molecule has 2 aromatic heterocycles. The predicted octanol–water partition coefficient (Wildman–Crippen LogP) is 3.95. The van der Waals surface area contributed by atoms with Gasteiger partial charge in [0.15, 0.2) is 11.5 Å². The van der Waals surface area contributed by atoms with E-state index >= 15 is 0 Å². The lowest BCUT2D eigenvalue weighted by Gasteiger charge is -2.32. The van der Waals surface area contributed by atoms with Crippen molar-refractivity contribution >= 4 is 11.5 Å². The van der Waals surface area contributed by atoms with Gasteiger partial charge in [0.1, 0.15) is 11.6 Å². The van der Waals surface area contributed by atoms with Crippen LogP contribution in [-0.2, 0) is 0 Å². The summed E-state index contributed by atoms with van der Waals surface area (Å²) in [7, 11) is 0. The van der Waals surface area contributed by atoms with Gasteiger partial charge >= 0.3 is 0 Å². The summed E-state index contributed by atoms with van der Waals surface area (Å²) in [5.74, 6) is 2.53. The van der Waals surface area contributed by atoms with Gasteiger partial charge in [0, 0.05) is 12.6 Å². The monoisotopic (exact) mass is 351 g/mol. The van der Waals surface area contributed by atoms with Gasteiger partial charge < -0.3 is 4.90 Å². The Hall–Kier alpha value is -2.50. The maximum absolute atomic E-state index is 14.2. The first-order valence-electron chi connectivity index (χ1n) is 9.46. The van der Waals surface area contributed by atoms with Crippen LogP contribution in [0.25, 0.3) is 17.0 Å². The minimum Gasteiger partial charge on any atom is -0.352 e. The van der Waals surface area contributed by atoms with E-state index in [9.17, 15) is 4.39 Å². The van der Waals surface area contributed by atoms with Crippen LogP contribution in [0, 0.1) is 17.7 Å². The highest BCUT2D eigenvalue weighted by molar-refractivity contribution is 5.60. The molecule has 3 atom stereocenters. The standard InChI is InChI=1S/C20H22FN5/c1-13-12-25(17-9-5-3-6-14(13)17)19-11-10-18-22-23-20(26(18)24-19)15-7-2-4-8-16(15)21/h2,4,7-8,10-11,13-14,17H,3,5-6,9,12H2,1H3. The third kappa shape index (κ3) is 2.39. The smallest absolute Gasteiger partial charge is 0.188 e. The fourth-order valence-electron chi connectivity index (χ4n) is 4.78. The predicted molar refractivity (Wildman–Crippen MR) is 98.4 cm³/mol. The van der Waals surface area contributed by atoms with Gasteiger partial charge in [0.25, 0.3) is 0 Å². The molecule has 1 aliphatic carbocycles. The van der Waals surface area contributed by atoms with E-state index in [0.717, 1.165) is 18.3 Å². The number of hydrogen-bond donors (Lipinski definition) is 0. The van der Waals surface area contributed by atoms with E-state index in [2.05, 4.69) is 22.0 Å². The van der Waals surface area contributed by atoms with Crippen LogP contribution in [0.2, 0.25) is 0 Å². The number of aromatic nitrogens is 4. The lowest BCUT2D eigenvalue weighted by molar-refractivity contribution is 0.293. The molecule has 5 nitrogen and oxygen atoms in total. The second-order valence-corrected chi connectivity index (χ2v) is 7.61. The summed E-state index contributed by atoms with van der Waals surface area (Å²) in [4.78, 5) is 2.44. The number of rotatable bonds is 2. The Labute approximate surface area is 151 Å². The Morgan fingerprint density at radius 2 is 1.88 bits per heavy atom. The van der Waals surface area contributed by atoms with Crippen LogP contribution in [-0.4, -0.2) is 32.4 Å². The number of halogens is 1. The van der Waals surface area contributed by atoms with Crippen molar-refractivity contribution in [3.05, 3.63) is 42.2 Å². The van der Waals surface area contributed by atoms with Gasteiger partial charge in [-0.25, -0.2) is 4.39 Å². The molecule has 26 heavy (non-hydrogen) atoms. The molecule has 3 unspecified atom stereocenters. The van der Waals surface area contributed by atoms with Crippen LogP contribution in [0.5, 0.6) is 0 Å². The SMILES string of the molecule is CC1CN(c2ccc3nnc(-c4ccccc4F)n3n2)C2CCCCC12. The van der Waals surface area contributed by atoms with E-state index in [-0.39, 0.29) is 5.82 Å². The number of hydrogen-bond acceptors (Lipinski definition) is 4. The molecule has 5 rings (SSSR count). The first kappa shape index (κ1) is 15.7. The number of benzene rings is 1. The Morgan fingerprint density at radius 3 is 2.77 bits per heavy atom. The van der Waals surface area contributed by atoms with Crippen LogP contribution in [0.4, 0.5) is 10.2 Å². The number of anilines is 1. The summed E-state index contributed by atoms with van der Waals surface area (Å²) in [5.41, 5.74) is 1.06. The van der Waals surface area contributed by atoms with Gasteiger partial charge in [-0.05, 0) is 48.9 Å². The first-order valence-corrected chi connectivity index (χ1v) is 9.46. The summed E-state index contributed by atoms with van der Waals surface area (Å²) in [6, 6.07) is 11.2. The Kier molecular flexibility index (Phi) is 3.65. The third-order valence-corrected chi connectivity index (χ3v) is 6.06. The van der Waals surface area contributed by atoms with E-state index in [4.69, 9.17) is 5.10 Å². The summed E-state index contributed by atoms with van der Waals surface area (Å²) in [5, 5.41) is 13.2. The molecule has 3 aromatic rings. The van der Waals surface area contributed by atoms with E-state index in [1.807, 2.05) is 12.1 Å². The van der Waals surface area contributed by atoms with Gasteiger partial charge in [0.2, 0.25) is 0 Å². The second kappa shape index (κ2) is 6.04. The minimum absolute atomic E-state index is 0.309. The molecule has 3 heterocycles. The summed E-state index contributed by atoms with van der Waals surface area (Å²) in [6.07, 6.45) is 5.18. The Bertz CT molecular complexity index is 952. The van der Waals surface area contributed by atoms with E-state index in [1.54, 1.807) is 22.7 Å². The maximum atomic E-state index is 14.2. The van der Waals surface area contributed by atoms with Crippen molar-refractivity contribution in [2.75, 3.05) is 11.4 Å². The zero-order chi connectivity index (χ0) is 17.7. The van der Waals surface area contributed by atoms with Crippen molar-refractivity contribution in [2.45, 2.75) is 38.6 Å². The lowest BCUT2D eigenvalue weighted by atomic mass is 9.80. The van der Waals surface area contributed by atoms with Gasteiger partial charge in [-0.2, -0.15) is 4.52 Å². The Balaban J connectivity index is 1.58. The summed E-state index contributed by atoms with van der Waals surface area (Å²) < 4.78 is 15.9. The number of fused-ring (bicyclic) bond motifs is 2. The van der Waals surface area contributed by atoms with Crippen molar-refractivity contribution in [3.8, 4) is 11.4 Å². The molecule has 0 spiro atoms. The zero-order valence-corrected chi connectivity index (χ0v) is 14.8. The summed E-state index contributed by atoms with van der Waals surface area (Å²) in [6.45, 7) is 3.38. The highest BCUT2D eigenvalue weighted by Crippen LogP contribution is 2.41. The van der Waals surface area contributed by atoms with Crippen molar-refractivity contribution in [2.24, 2.45) is 11.8 Å².